The van der Waals surface area contributed by atoms with Gasteiger partial charge in [-0.05, 0) is 44.9 Å². The van der Waals surface area contributed by atoms with E-state index in [0.29, 0.717) is 18.0 Å². The SMILES string of the molecule is O=C(C1CCC(O)CC1)C1CCC2OC2C1. The van der Waals surface area contributed by atoms with E-state index in [0.717, 1.165) is 44.9 Å². The van der Waals surface area contributed by atoms with Crippen molar-refractivity contribution in [2.24, 2.45) is 11.8 Å². The summed E-state index contributed by atoms with van der Waals surface area (Å²) in [6.07, 6.45) is 7.20. The van der Waals surface area contributed by atoms with Crippen LogP contribution in [-0.4, -0.2) is 29.2 Å². The van der Waals surface area contributed by atoms with Crippen LogP contribution in [-0.2, 0) is 9.53 Å². The van der Waals surface area contributed by atoms with Crippen molar-refractivity contribution in [2.75, 3.05) is 0 Å². The first-order chi connectivity index (χ1) is 7.74. The third-order valence-corrected chi connectivity index (χ3v) is 4.51. The Labute approximate surface area is 96.2 Å². The Balaban J connectivity index is 1.55. The van der Waals surface area contributed by atoms with Gasteiger partial charge in [0.25, 0.3) is 0 Å². The normalized spacial score (nSPS) is 47.2. The molecule has 0 aromatic carbocycles. The average Bonchev–Trinajstić information content (AvgIpc) is 3.07. The molecule has 0 aromatic rings. The Bertz CT molecular complexity index is 281. The zero-order valence-electron chi connectivity index (χ0n) is 9.60. The molecule has 3 aliphatic rings. The number of carbonyl (C=O) groups is 1. The van der Waals surface area contributed by atoms with Gasteiger partial charge in [0.05, 0.1) is 18.3 Å². The van der Waals surface area contributed by atoms with E-state index in [1.54, 1.807) is 0 Å². The minimum absolute atomic E-state index is 0.161. The second-order valence-corrected chi connectivity index (χ2v) is 5.63. The topological polar surface area (TPSA) is 49.8 Å². The molecule has 2 saturated carbocycles. The number of ketones is 1. The van der Waals surface area contributed by atoms with Crippen LogP contribution < -0.4 is 0 Å². The Morgan fingerprint density at radius 2 is 1.62 bits per heavy atom. The molecule has 0 bridgehead atoms. The number of aliphatic hydroxyl groups is 1. The van der Waals surface area contributed by atoms with Crippen LogP contribution in [0.1, 0.15) is 44.9 Å². The van der Waals surface area contributed by atoms with Crippen molar-refractivity contribution in [3.8, 4) is 0 Å². The number of ether oxygens (including phenoxy) is 1. The second kappa shape index (κ2) is 4.11. The zero-order valence-corrected chi connectivity index (χ0v) is 9.60. The van der Waals surface area contributed by atoms with Gasteiger partial charge in [0.1, 0.15) is 5.78 Å². The second-order valence-electron chi connectivity index (χ2n) is 5.63. The maximum Gasteiger partial charge on any atom is 0.139 e. The van der Waals surface area contributed by atoms with E-state index in [2.05, 4.69) is 0 Å². The summed E-state index contributed by atoms with van der Waals surface area (Å²) in [5.41, 5.74) is 0. The fourth-order valence-corrected chi connectivity index (χ4v) is 3.36. The summed E-state index contributed by atoms with van der Waals surface area (Å²) in [5, 5.41) is 9.44. The number of carbonyl (C=O) groups excluding carboxylic acids is 1. The number of hydrogen-bond acceptors (Lipinski definition) is 3. The highest BCUT2D eigenvalue weighted by Crippen LogP contribution is 2.41. The van der Waals surface area contributed by atoms with Gasteiger partial charge in [0.15, 0.2) is 0 Å². The molecule has 3 heteroatoms. The van der Waals surface area contributed by atoms with Gasteiger partial charge in [-0.1, -0.05) is 0 Å². The first kappa shape index (κ1) is 10.7. The lowest BCUT2D eigenvalue weighted by Crippen LogP contribution is -2.31. The monoisotopic (exact) mass is 224 g/mol. The summed E-state index contributed by atoms with van der Waals surface area (Å²) in [6.45, 7) is 0. The minimum Gasteiger partial charge on any atom is -0.393 e. The third-order valence-electron chi connectivity index (χ3n) is 4.51. The molecule has 1 heterocycles. The molecule has 16 heavy (non-hydrogen) atoms. The summed E-state index contributed by atoms with van der Waals surface area (Å²) in [4.78, 5) is 12.3. The minimum atomic E-state index is -0.161. The summed E-state index contributed by atoms with van der Waals surface area (Å²) in [6, 6.07) is 0. The number of Topliss-reactive ketones (excluding diaryl/α,β-unsaturated/α-hetero) is 1. The lowest BCUT2D eigenvalue weighted by molar-refractivity contribution is -0.129. The van der Waals surface area contributed by atoms with E-state index in [1.807, 2.05) is 0 Å². The molecule has 0 spiro atoms. The molecule has 3 atom stereocenters. The van der Waals surface area contributed by atoms with Gasteiger partial charge < -0.3 is 9.84 Å². The van der Waals surface area contributed by atoms with Crippen molar-refractivity contribution in [1.29, 1.82) is 0 Å². The van der Waals surface area contributed by atoms with Crippen molar-refractivity contribution in [2.45, 2.75) is 63.3 Å². The Morgan fingerprint density at radius 1 is 0.938 bits per heavy atom. The molecule has 1 aliphatic heterocycles. The number of fused-ring (bicyclic) bond motifs is 1. The molecule has 2 aliphatic carbocycles. The van der Waals surface area contributed by atoms with E-state index in [-0.39, 0.29) is 17.9 Å². The highest BCUT2D eigenvalue weighted by molar-refractivity contribution is 5.83. The Morgan fingerprint density at radius 3 is 2.31 bits per heavy atom. The van der Waals surface area contributed by atoms with Gasteiger partial charge in [0, 0.05) is 11.8 Å². The molecular formula is C13H20O3. The Kier molecular flexibility index (Phi) is 2.76. The lowest BCUT2D eigenvalue weighted by atomic mass is 9.76. The first-order valence-corrected chi connectivity index (χ1v) is 6.61. The van der Waals surface area contributed by atoms with Gasteiger partial charge in [-0.25, -0.2) is 0 Å². The summed E-state index contributed by atoms with van der Waals surface area (Å²) >= 11 is 0. The van der Waals surface area contributed by atoms with Crippen LogP contribution in [0.5, 0.6) is 0 Å². The number of aliphatic hydroxyl groups excluding tert-OH is 1. The largest absolute Gasteiger partial charge is 0.393 e. The molecule has 0 aromatic heterocycles. The van der Waals surface area contributed by atoms with Gasteiger partial charge in [-0.3, -0.25) is 4.79 Å². The molecule has 3 nitrogen and oxygen atoms in total. The predicted molar refractivity (Wildman–Crippen MR) is 59.0 cm³/mol. The van der Waals surface area contributed by atoms with E-state index in [9.17, 15) is 9.90 Å². The first-order valence-electron chi connectivity index (χ1n) is 6.61. The fourth-order valence-electron chi connectivity index (χ4n) is 3.36. The number of rotatable bonds is 2. The van der Waals surface area contributed by atoms with Crippen molar-refractivity contribution in [1.82, 2.24) is 0 Å². The molecule has 3 rings (SSSR count). The predicted octanol–water partition coefficient (Wildman–Crippen LogP) is 1.67. The van der Waals surface area contributed by atoms with Crippen molar-refractivity contribution in [3.05, 3.63) is 0 Å². The van der Waals surface area contributed by atoms with E-state index in [1.165, 1.54) is 0 Å². The van der Waals surface area contributed by atoms with Crippen molar-refractivity contribution >= 4 is 5.78 Å². The van der Waals surface area contributed by atoms with Crippen LogP contribution >= 0.6 is 0 Å². The standard InChI is InChI=1S/C13H20O3/c14-10-4-1-8(2-5-10)13(15)9-3-6-11-12(7-9)16-11/h8-12,14H,1-7H2. The lowest BCUT2D eigenvalue weighted by Gasteiger charge is -2.28. The molecule has 1 N–H and O–H groups in total. The maximum atomic E-state index is 12.3. The van der Waals surface area contributed by atoms with Gasteiger partial charge in [0.2, 0.25) is 0 Å². The van der Waals surface area contributed by atoms with Crippen LogP contribution in [0.25, 0.3) is 0 Å². The van der Waals surface area contributed by atoms with Crippen LogP contribution in [0.3, 0.4) is 0 Å². The molecular weight excluding hydrogens is 204 g/mol. The molecule has 0 radical (unpaired) electrons. The summed E-state index contributed by atoms with van der Waals surface area (Å²) in [7, 11) is 0. The van der Waals surface area contributed by atoms with Gasteiger partial charge in [-0.2, -0.15) is 0 Å². The van der Waals surface area contributed by atoms with E-state index >= 15 is 0 Å². The average molecular weight is 224 g/mol. The Hall–Kier alpha value is -0.410. The van der Waals surface area contributed by atoms with E-state index in [4.69, 9.17) is 4.74 Å². The van der Waals surface area contributed by atoms with Crippen LogP contribution in [0.2, 0.25) is 0 Å². The van der Waals surface area contributed by atoms with E-state index < -0.39 is 0 Å². The number of hydrogen-bond donors (Lipinski definition) is 1. The smallest absolute Gasteiger partial charge is 0.139 e. The fraction of sp³-hybridized carbons (Fsp3) is 0.923. The number of epoxide rings is 1. The molecule has 3 fully saturated rings. The maximum absolute atomic E-state index is 12.3. The quantitative estimate of drug-likeness (QED) is 0.726. The molecule has 0 amide bonds. The van der Waals surface area contributed by atoms with Crippen molar-refractivity contribution in [3.63, 3.8) is 0 Å². The third kappa shape index (κ3) is 2.03. The highest BCUT2D eigenvalue weighted by Gasteiger charge is 2.46. The van der Waals surface area contributed by atoms with Crippen LogP contribution in [0.4, 0.5) is 0 Å². The zero-order chi connectivity index (χ0) is 11.1. The molecule has 3 unspecified atom stereocenters. The molecule has 1 saturated heterocycles. The molecule has 90 valence electrons. The van der Waals surface area contributed by atoms with Crippen LogP contribution in [0.15, 0.2) is 0 Å². The van der Waals surface area contributed by atoms with Crippen molar-refractivity contribution < 1.29 is 14.6 Å². The summed E-state index contributed by atoms with van der Waals surface area (Å²) < 4.78 is 5.47. The van der Waals surface area contributed by atoms with Crippen LogP contribution in [0, 0.1) is 11.8 Å². The summed E-state index contributed by atoms with van der Waals surface area (Å²) in [5.74, 6) is 0.938. The van der Waals surface area contributed by atoms with Gasteiger partial charge >= 0.3 is 0 Å². The van der Waals surface area contributed by atoms with Gasteiger partial charge in [-0.15, -0.1) is 0 Å². The highest BCUT2D eigenvalue weighted by atomic mass is 16.6.